The topological polar surface area (TPSA) is 78.2 Å². The van der Waals surface area contributed by atoms with Gasteiger partial charge in [0, 0.05) is 11.6 Å². The van der Waals surface area contributed by atoms with E-state index in [9.17, 15) is 15.0 Å². The van der Waals surface area contributed by atoms with Gasteiger partial charge in [-0.15, -0.1) is 0 Å². The largest absolute Gasteiger partial charge is 0.508 e. The Morgan fingerprint density at radius 2 is 1.83 bits per heavy atom. The highest BCUT2D eigenvalue weighted by molar-refractivity contribution is 5.58. The Labute approximate surface area is 138 Å². The zero-order valence-electron chi connectivity index (χ0n) is 13.5. The fourth-order valence-electron chi connectivity index (χ4n) is 2.50. The molecular formula is C19H18N2O3. The Balaban J connectivity index is 2.20. The molecule has 0 aliphatic rings. The summed E-state index contributed by atoms with van der Waals surface area (Å²) in [6.45, 7) is 7.87. The van der Waals surface area contributed by atoms with Crippen LogP contribution in [0.4, 0.5) is 0 Å². The molecule has 24 heavy (non-hydrogen) atoms. The smallest absolute Gasteiger partial charge is 0.279 e. The quantitative estimate of drug-likeness (QED) is 0.668. The van der Waals surface area contributed by atoms with Crippen molar-refractivity contribution >= 4 is 12.7 Å². The molecular weight excluding hydrogens is 304 g/mol. The molecule has 0 aliphatic heterocycles. The lowest BCUT2D eigenvalue weighted by Crippen LogP contribution is -2.33. The zero-order chi connectivity index (χ0) is 17.4. The van der Waals surface area contributed by atoms with Crippen molar-refractivity contribution in [2.45, 2.75) is 13.8 Å². The van der Waals surface area contributed by atoms with Crippen LogP contribution in [0, 0.1) is 13.8 Å². The van der Waals surface area contributed by atoms with Crippen molar-refractivity contribution in [3.63, 3.8) is 0 Å². The molecule has 1 heterocycles. The maximum atomic E-state index is 12.7. The summed E-state index contributed by atoms with van der Waals surface area (Å²) in [4.78, 5) is 12.7. The van der Waals surface area contributed by atoms with E-state index in [2.05, 4.69) is 11.7 Å². The summed E-state index contributed by atoms with van der Waals surface area (Å²) in [5, 5.41) is 23.0. The van der Waals surface area contributed by atoms with E-state index in [4.69, 9.17) is 0 Å². The molecule has 0 amide bonds. The number of aromatic nitrogens is 2. The van der Waals surface area contributed by atoms with Crippen LogP contribution in [0.3, 0.4) is 0 Å². The van der Waals surface area contributed by atoms with Crippen LogP contribution in [0.15, 0.2) is 41.2 Å². The predicted octanol–water partition coefficient (Wildman–Crippen LogP) is 1.43. The van der Waals surface area contributed by atoms with Gasteiger partial charge in [-0.3, -0.25) is 9.89 Å². The average molecular weight is 322 g/mol. The molecule has 5 nitrogen and oxygen atoms in total. The van der Waals surface area contributed by atoms with Crippen LogP contribution < -0.4 is 16.1 Å². The van der Waals surface area contributed by atoms with Crippen molar-refractivity contribution in [1.29, 1.82) is 0 Å². The van der Waals surface area contributed by atoms with Gasteiger partial charge in [-0.05, 0) is 55.3 Å². The second-order valence-corrected chi connectivity index (χ2v) is 5.80. The number of phenolic OH excluding ortho intramolecular Hbond substituents is 2. The number of H-pyrrole nitrogens is 1. The van der Waals surface area contributed by atoms with Gasteiger partial charge in [0.15, 0.2) is 0 Å². The number of rotatable bonds is 2. The van der Waals surface area contributed by atoms with Gasteiger partial charge in [0.1, 0.15) is 11.5 Å². The molecule has 0 unspecified atom stereocenters. The SMILES string of the molecule is C=c1[nH]n(-c2ccc(C)c(C)c2)c(=O)/c1=C\c1ccc(O)cc1O. The van der Waals surface area contributed by atoms with Crippen molar-refractivity contribution in [2.75, 3.05) is 0 Å². The van der Waals surface area contributed by atoms with Gasteiger partial charge >= 0.3 is 0 Å². The Hall–Kier alpha value is -3.21. The van der Waals surface area contributed by atoms with E-state index in [-0.39, 0.29) is 17.1 Å². The Morgan fingerprint density at radius 3 is 2.50 bits per heavy atom. The van der Waals surface area contributed by atoms with E-state index < -0.39 is 0 Å². The number of hydrogen-bond acceptors (Lipinski definition) is 3. The van der Waals surface area contributed by atoms with Crippen LogP contribution in [-0.4, -0.2) is 20.0 Å². The summed E-state index contributed by atoms with van der Waals surface area (Å²) in [7, 11) is 0. The summed E-state index contributed by atoms with van der Waals surface area (Å²) in [6, 6.07) is 9.95. The summed E-state index contributed by atoms with van der Waals surface area (Å²) in [6.07, 6.45) is 1.55. The Bertz CT molecular complexity index is 1090. The molecule has 5 heteroatoms. The molecule has 0 fully saturated rings. The van der Waals surface area contributed by atoms with Crippen molar-refractivity contribution in [2.24, 2.45) is 0 Å². The van der Waals surface area contributed by atoms with Crippen molar-refractivity contribution in [1.82, 2.24) is 9.78 Å². The van der Waals surface area contributed by atoms with Crippen LogP contribution in [0.1, 0.15) is 16.7 Å². The molecule has 0 radical (unpaired) electrons. The average Bonchev–Trinajstić information content (AvgIpc) is 2.80. The van der Waals surface area contributed by atoms with E-state index >= 15 is 0 Å². The molecule has 0 spiro atoms. The molecule has 3 aromatic rings. The number of benzene rings is 2. The number of aromatic amines is 1. The second kappa shape index (κ2) is 5.77. The lowest BCUT2D eigenvalue weighted by molar-refractivity contribution is 0.450. The molecule has 3 N–H and O–H groups in total. The highest BCUT2D eigenvalue weighted by Gasteiger charge is 2.07. The van der Waals surface area contributed by atoms with Gasteiger partial charge in [0.25, 0.3) is 5.56 Å². The van der Waals surface area contributed by atoms with Gasteiger partial charge in [0.05, 0.1) is 16.3 Å². The number of hydrogen-bond donors (Lipinski definition) is 3. The summed E-state index contributed by atoms with van der Waals surface area (Å²) < 4.78 is 1.43. The van der Waals surface area contributed by atoms with Crippen molar-refractivity contribution in [3.8, 4) is 17.2 Å². The lowest BCUT2D eigenvalue weighted by Gasteiger charge is -2.04. The minimum absolute atomic E-state index is 0.0406. The van der Waals surface area contributed by atoms with Gasteiger partial charge in [-0.2, -0.15) is 0 Å². The van der Waals surface area contributed by atoms with E-state index in [1.54, 1.807) is 6.08 Å². The van der Waals surface area contributed by atoms with Crippen LogP contribution in [0.25, 0.3) is 18.3 Å². The number of phenols is 2. The maximum absolute atomic E-state index is 12.7. The molecule has 0 aliphatic carbocycles. The summed E-state index contributed by atoms with van der Waals surface area (Å²) >= 11 is 0. The second-order valence-electron chi connectivity index (χ2n) is 5.80. The van der Waals surface area contributed by atoms with Crippen LogP contribution in [0.2, 0.25) is 0 Å². The monoisotopic (exact) mass is 322 g/mol. The first-order valence-electron chi connectivity index (χ1n) is 7.48. The predicted molar refractivity (Wildman–Crippen MR) is 94.0 cm³/mol. The van der Waals surface area contributed by atoms with Gasteiger partial charge in [-0.1, -0.05) is 12.6 Å². The van der Waals surface area contributed by atoms with Gasteiger partial charge < -0.3 is 10.2 Å². The first-order chi connectivity index (χ1) is 11.4. The van der Waals surface area contributed by atoms with E-state index in [1.807, 2.05) is 32.0 Å². The Morgan fingerprint density at radius 1 is 1.08 bits per heavy atom. The van der Waals surface area contributed by atoms with Crippen LogP contribution in [0.5, 0.6) is 11.5 Å². The highest BCUT2D eigenvalue weighted by atomic mass is 16.3. The molecule has 0 bridgehead atoms. The lowest BCUT2D eigenvalue weighted by atomic mass is 10.1. The molecule has 0 saturated carbocycles. The summed E-state index contributed by atoms with van der Waals surface area (Å²) in [5.41, 5.74) is 3.13. The van der Waals surface area contributed by atoms with Gasteiger partial charge in [-0.25, -0.2) is 4.68 Å². The Kier molecular flexibility index (Phi) is 3.77. The van der Waals surface area contributed by atoms with Crippen LogP contribution >= 0.6 is 0 Å². The number of nitrogens with zero attached hydrogens (tertiary/aromatic N) is 1. The molecule has 0 atom stereocenters. The fraction of sp³-hybridized carbons (Fsp3) is 0.105. The third kappa shape index (κ3) is 2.72. The normalized spacial score (nSPS) is 11.8. The van der Waals surface area contributed by atoms with Crippen LogP contribution in [-0.2, 0) is 0 Å². The van der Waals surface area contributed by atoms with Gasteiger partial charge in [0.2, 0.25) is 0 Å². The standard InChI is InChI=1S/C19H18N2O3/c1-11-4-6-15(8-12(11)2)21-19(24)17(13(3)20-21)9-14-5-7-16(22)10-18(14)23/h4-10,20,22-23H,3H2,1-2H3/b17-9-. The van der Waals surface area contributed by atoms with Crippen molar-refractivity contribution in [3.05, 3.63) is 74.0 Å². The van der Waals surface area contributed by atoms with E-state index in [0.29, 0.717) is 16.1 Å². The number of aromatic hydroxyl groups is 2. The molecule has 2 aromatic carbocycles. The third-order valence-corrected chi connectivity index (χ3v) is 4.07. The molecule has 1 aromatic heterocycles. The third-order valence-electron chi connectivity index (χ3n) is 4.07. The minimum Gasteiger partial charge on any atom is -0.508 e. The zero-order valence-corrected chi connectivity index (χ0v) is 13.5. The fourth-order valence-corrected chi connectivity index (χ4v) is 2.50. The van der Waals surface area contributed by atoms with E-state index in [0.717, 1.165) is 16.8 Å². The highest BCUT2D eigenvalue weighted by Crippen LogP contribution is 2.22. The number of aryl methyl sites for hydroxylation is 2. The molecule has 122 valence electrons. The minimum atomic E-state index is -0.254. The summed E-state index contributed by atoms with van der Waals surface area (Å²) in [5.74, 6) is -0.145. The first-order valence-corrected chi connectivity index (χ1v) is 7.48. The molecule has 3 rings (SSSR count). The maximum Gasteiger partial charge on any atom is 0.279 e. The number of nitrogens with one attached hydrogen (secondary N) is 1. The molecule has 0 saturated heterocycles. The van der Waals surface area contributed by atoms with Crippen molar-refractivity contribution < 1.29 is 10.2 Å². The van der Waals surface area contributed by atoms with E-state index in [1.165, 1.54) is 22.9 Å². The first kappa shape index (κ1) is 15.7.